The van der Waals surface area contributed by atoms with Gasteiger partial charge < -0.3 is 19.7 Å². The predicted octanol–water partition coefficient (Wildman–Crippen LogP) is 0.159. The number of rotatable bonds is 3. The predicted molar refractivity (Wildman–Crippen MR) is 90.0 cm³/mol. The Balaban J connectivity index is 1.58. The first kappa shape index (κ1) is 17.9. The topological polar surface area (TPSA) is 98.9 Å². The summed E-state index contributed by atoms with van der Waals surface area (Å²) in [4.78, 5) is 31.8. The van der Waals surface area contributed by atoms with Crippen molar-refractivity contribution in [2.45, 2.75) is 51.3 Å². The zero-order valence-electron chi connectivity index (χ0n) is 14.8. The number of carbonyl (C=O) groups excluding carboxylic acids is 2. The van der Waals surface area contributed by atoms with Gasteiger partial charge in [0.25, 0.3) is 5.91 Å². The molecule has 8 heteroatoms. The monoisotopic (exact) mass is 350 g/mol. The van der Waals surface area contributed by atoms with E-state index in [1.807, 2.05) is 4.90 Å². The fourth-order valence-corrected chi connectivity index (χ4v) is 3.79. The van der Waals surface area contributed by atoms with Crippen molar-refractivity contribution in [2.75, 3.05) is 26.2 Å². The fourth-order valence-electron chi connectivity index (χ4n) is 3.79. The second kappa shape index (κ2) is 7.53. The lowest BCUT2D eigenvalue weighted by molar-refractivity contribution is -0.131. The van der Waals surface area contributed by atoms with E-state index in [-0.39, 0.29) is 29.6 Å². The van der Waals surface area contributed by atoms with Gasteiger partial charge in [-0.2, -0.15) is 0 Å². The summed E-state index contributed by atoms with van der Waals surface area (Å²) in [6.07, 6.45) is 3.29. The number of aliphatic hydroxyl groups is 1. The summed E-state index contributed by atoms with van der Waals surface area (Å²) in [6.45, 7) is 6.15. The van der Waals surface area contributed by atoms with Gasteiger partial charge in [0.15, 0.2) is 11.6 Å². The minimum absolute atomic E-state index is 0.00667. The number of carbonyl (C=O) groups is 2. The molecule has 25 heavy (non-hydrogen) atoms. The third-order valence-electron chi connectivity index (χ3n) is 5.22. The average molecular weight is 350 g/mol. The van der Waals surface area contributed by atoms with Crippen LogP contribution in [0, 0.1) is 6.92 Å². The number of aromatic nitrogens is 1. The second-order valence-electron chi connectivity index (χ2n) is 6.86. The number of piperazine rings is 1. The Kier molecular flexibility index (Phi) is 5.39. The summed E-state index contributed by atoms with van der Waals surface area (Å²) in [5.41, 5.74) is 0.238. The normalized spacial score (nSPS) is 28.0. The maximum atomic E-state index is 12.3. The van der Waals surface area contributed by atoms with Gasteiger partial charge in [0.2, 0.25) is 5.91 Å². The van der Waals surface area contributed by atoms with Gasteiger partial charge >= 0.3 is 0 Å². The summed E-state index contributed by atoms with van der Waals surface area (Å²) in [7, 11) is 0. The maximum Gasteiger partial charge on any atom is 0.273 e. The van der Waals surface area contributed by atoms with E-state index in [9.17, 15) is 14.7 Å². The van der Waals surface area contributed by atoms with Crippen molar-refractivity contribution in [2.24, 2.45) is 0 Å². The SMILES string of the molecule is CC(=O)N1CCN([C@@H]2CCC[C@@H](NC(=O)c3coc(C)n3)[C@H]2O)CC1. The molecule has 1 aliphatic heterocycles. The summed E-state index contributed by atoms with van der Waals surface area (Å²) < 4.78 is 5.07. The van der Waals surface area contributed by atoms with Crippen LogP contribution in [0.5, 0.6) is 0 Å². The molecule has 1 aliphatic carbocycles. The first-order valence-electron chi connectivity index (χ1n) is 8.86. The van der Waals surface area contributed by atoms with Gasteiger partial charge in [-0.15, -0.1) is 0 Å². The number of aliphatic hydroxyl groups excluding tert-OH is 1. The molecule has 0 aromatic carbocycles. The Morgan fingerprint density at radius 3 is 2.60 bits per heavy atom. The van der Waals surface area contributed by atoms with E-state index >= 15 is 0 Å². The van der Waals surface area contributed by atoms with Crippen LogP contribution in [0.2, 0.25) is 0 Å². The van der Waals surface area contributed by atoms with Gasteiger partial charge in [-0.1, -0.05) is 0 Å². The number of aryl methyl sites for hydroxylation is 1. The molecule has 1 saturated carbocycles. The highest BCUT2D eigenvalue weighted by Crippen LogP contribution is 2.25. The van der Waals surface area contributed by atoms with Crippen LogP contribution in [-0.4, -0.2) is 76.1 Å². The first-order chi connectivity index (χ1) is 12.0. The van der Waals surface area contributed by atoms with Gasteiger partial charge in [0.05, 0.1) is 12.1 Å². The van der Waals surface area contributed by atoms with Crippen LogP contribution in [0.15, 0.2) is 10.7 Å². The van der Waals surface area contributed by atoms with E-state index in [1.165, 1.54) is 6.26 Å². The summed E-state index contributed by atoms with van der Waals surface area (Å²) in [5.74, 6) is 0.218. The van der Waals surface area contributed by atoms with E-state index in [2.05, 4.69) is 15.2 Å². The molecule has 1 saturated heterocycles. The third kappa shape index (κ3) is 4.01. The Morgan fingerprint density at radius 2 is 2.00 bits per heavy atom. The Hall–Kier alpha value is -1.93. The van der Waals surface area contributed by atoms with Gasteiger partial charge in [0.1, 0.15) is 6.26 Å². The molecule has 1 aromatic heterocycles. The highest BCUT2D eigenvalue weighted by Gasteiger charge is 2.37. The molecule has 0 unspecified atom stereocenters. The molecule has 3 rings (SSSR count). The van der Waals surface area contributed by atoms with Crippen molar-refractivity contribution < 1.29 is 19.1 Å². The van der Waals surface area contributed by atoms with Gasteiger partial charge in [-0.3, -0.25) is 14.5 Å². The van der Waals surface area contributed by atoms with Crippen molar-refractivity contribution in [3.63, 3.8) is 0 Å². The van der Waals surface area contributed by atoms with E-state index in [4.69, 9.17) is 4.42 Å². The molecule has 3 atom stereocenters. The van der Waals surface area contributed by atoms with E-state index in [1.54, 1.807) is 13.8 Å². The van der Waals surface area contributed by atoms with Crippen LogP contribution in [0.25, 0.3) is 0 Å². The van der Waals surface area contributed by atoms with Crippen LogP contribution in [0.1, 0.15) is 42.6 Å². The number of nitrogens with zero attached hydrogens (tertiary/aromatic N) is 3. The van der Waals surface area contributed by atoms with Crippen LogP contribution in [0.3, 0.4) is 0 Å². The van der Waals surface area contributed by atoms with Crippen LogP contribution < -0.4 is 5.32 Å². The smallest absolute Gasteiger partial charge is 0.273 e. The first-order valence-corrected chi connectivity index (χ1v) is 8.86. The van der Waals surface area contributed by atoms with Crippen molar-refractivity contribution in [3.8, 4) is 0 Å². The molecule has 138 valence electrons. The lowest BCUT2D eigenvalue weighted by atomic mass is 9.86. The second-order valence-corrected chi connectivity index (χ2v) is 6.86. The van der Waals surface area contributed by atoms with Crippen LogP contribution >= 0.6 is 0 Å². The van der Waals surface area contributed by atoms with Gasteiger partial charge in [-0.25, -0.2) is 4.98 Å². The number of hydrogen-bond donors (Lipinski definition) is 2. The van der Waals surface area contributed by atoms with Crippen molar-refractivity contribution in [3.05, 3.63) is 17.8 Å². The zero-order chi connectivity index (χ0) is 18.0. The van der Waals surface area contributed by atoms with E-state index in [0.717, 1.165) is 32.4 Å². The quantitative estimate of drug-likeness (QED) is 0.806. The van der Waals surface area contributed by atoms with Gasteiger partial charge in [-0.05, 0) is 19.3 Å². The van der Waals surface area contributed by atoms with Gasteiger partial charge in [0, 0.05) is 46.1 Å². The fraction of sp³-hybridized carbons (Fsp3) is 0.706. The molecule has 8 nitrogen and oxygen atoms in total. The van der Waals surface area contributed by atoms with Crippen LogP contribution in [-0.2, 0) is 4.79 Å². The number of hydrogen-bond acceptors (Lipinski definition) is 6. The van der Waals surface area contributed by atoms with Crippen molar-refractivity contribution in [1.82, 2.24) is 20.1 Å². The molecular weight excluding hydrogens is 324 g/mol. The number of nitrogens with one attached hydrogen (secondary N) is 1. The molecule has 2 aliphatic rings. The molecule has 2 heterocycles. The Bertz CT molecular complexity index is 624. The molecule has 2 fully saturated rings. The lowest BCUT2D eigenvalue weighted by Gasteiger charge is -2.44. The minimum atomic E-state index is -0.630. The molecule has 2 amide bonds. The summed E-state index contributed by atoms with van der Waals surface area (Å²) >= 11 is 0. The van der Waals surface area contributed by atoms with Crippen molar-refractivity contribution in [1.29, 1.82) is 0 Å². The minimum Gasteiger partial charge on any atom is -0.448 e. The standard InChI is InChI=1S/C17H26N4O4/c1-11-18-14(10-25-11)17(24)19-13-4-3-5-15(16(13)23)21-8-6-20(7-9-21)12(2)22/h10,13,15-16,23H,3-9H2,1-2H3,(H,19,24)/t13-,15-,16-/m1/s1. The molecule has 1 aromatic rings. The number of amides is 2. The zero-order valence-corrected chi connectivity index (χ0v) is 14.8. The van der Waals surface area contributed by atoms with Crippen molar-refractivity contribution >= 4 is 11.8 Å². The Labute approximate surface area is 147 Å². The lowest BCUT2D eigenvalue weighted by Crippen LogP contribution is -2.60. The van der Waals surface area contributed by atoms with Crippen LogP contribution in [0.4, 0.5) is 0 Å². The van der Waals surface area contributed by atoms with E-state index in [0.29, 0.717) is 19.0 Å². The van der Waals surface area contributed by atoms with E-state index < -0.39 is 6.10 Å². The summed E-state index contributed by atoms with van der Waals surface area (Å²) in [5, 5.41) is 13.7. The average Bonchev–Trinajstić information content (AvgIpc) is 3.03. The molecule has 2 N–H and O–H groups in total. The maximum absolute atomic E-state index is 12.3. The molecule has 0 bridgehead atoms. The molecule has 0 radical (unpaired) electrons. The number of oxazole rings is 1. The molecular formula is C17H26N4O4. The summed E-state index contributed by atoms with van der Waals surface area (Å²) in [6, 6.07) is -0.290. The molecule has 0 spiro atoms. The Morgan fingerprint density at radius 1 is 1.28 bits per heavy atom. The highest BCUT2D eigenvalue weighted by molar-refractivity contribution is 5.92. The largest absolute Gasteiger partial charge is 0.448 e. The highest BCUT2D eigenvalue weighted by atomic mass is 16.3. The third-order valence-corrected chi connectivity index (χ3v) is 5.22.